The molecule has 0 spiro atoms. The van der Waals surface area contributed by atoms with Crippen molar-refractivity contribution in [2.75, 3.05) is 20.2 Å². The van der Waals surface area contributed by atoms with Crippen molar-refractivity contribution in [1.82, 2.24) is 15.6 Å². The van der Waals surface area contributed by atoms with Crippen LogP contribution in [0.3, 0.4) is 0 Å². The third kappa shape index (κ3) is 5.01. The molecule has 2 amide bonds. The highest BCUT2D eigenvalue weighted by Crippen LogP contribution is 2.29. The normalized spacial score (nSPS) is 10.2. The van der Waals surface area contributed by atoms with Crippen LogP contribution in [0, 0.1) is 6.92 Å². The van der Waals surface area contributed by atoms with E-state index < -0.39 is 24.3 Å². The molecular weight excluding hydrogens is 346 g/mol. The van der Waals surface area contributed by atoms with E-state index in [1.807, 2.05) is 24.3 Å². The number of carboxylic acid groups (broad SMARTS) is 1. The fourth-order valence-electron chi connectivity index (χ4n) is 1.96. The number of aliphatic carboxylic acids is 1. The van der Waals surface area contributed by atoms with E-state index in [4.69, 9.17) is 9.84 Å². The number of hydrogen-bond acceptors (Lipinski definition) is 6. The van der Waals surface area contributed by atoms with Crippen LogP contribution < -0.4 is 15.4 Å². The number of ether oxygens (including phenoxy) is 1. The smallest absolute Gasteiger partial charge is 0.322 e. The lowest BCUT2D eigenvalue weighted by atomic mass is 10.2. The number of hydrogen-bond donors (Lipinski definition) is 3. The monoisotopic (exact) mass is 363 g/mol. The Morgan fingerprint density at radius 2 is 2.00 bits per heavy atom. The number of nitrogens with zero attached hydrogens (tertiary/aromatic N) is 1. The number of aromatic nitrogens is 1. The molecule has 8 nitrogen and oxygen atoms in total. The Hall–Kier alpha value is -2.94. The Balaban J connectivity index is 2.05. The second-order valence-corrected chi connectivity index (χ2v) is 6.02. The maximum Gasteiger partial charge on any atom is 0.322 e. The lowest BCUT2D eigenvalue weighted by Gasteiger charge is -2.04. The Morgan fingerprint density at radius 1 is 1.24 bits per heavy atom. The van der Waals surface area contributed by atoms with Crippen molar-refractivity contribution in [2.24, 2.45) is 0 Å². The van der Waals surface area contributed by atoms with E-state index in [0.717, 1.165) is 5.56 Å². The molecule has 0 aliphatic carbocycles. The second-order valence-electron chi connectivity index (χ2n) is 5.02. The Labute approximate surface area is 147 Å². The van der Waals surface area contributed by atoms with Crippen molar-refractivity contribution >= 4 is 29.1 Å². The first-order valence-corrected chi connectivity index (χ1v) is 8.11. The van der Waals surface area contributed by atoms with Gasteiger partial charge in [-0.2, -0.15) is 0 Å². The van der Waals surface area contributed by atoms with Crippen LogP contribution >= 0.6 is 11.3 Å². The minimum absolute atomic E-state index is 0.308. The van der Waals surface area contributed by atoms with Gasteiger partial charge in [0.25, 0.3) is 5.91 Å². The number of carbonyl (C=O) groups excluding carboxylic acids is 2. The molecule has 2 rings (SSSR count). The van der Waals surface area contributed by atoms with E-state index in [0.29, 0.717) is 21.3 Å². The van der Waals surface area contributed by atoms with Crippen molar-refractivity contribution in [2.45, 2.75) is 6.92 Å². The molecule has 9 heteroatoms. The summed E-state index contributed by atoms with van der Waals surface area (Å²) in [5.41, 5.74) is 1.37. The first-order chi connectivity index (χ1) is 11.9. The fraction of sp³-hybridized carbons (Fsp3) is 0.250. The van der Waals surface area contributed by atoms with E-state index in [1.54, 1.807) is 14.0 Å². The van der Waals surface area contributed by atoms with E-state index >= 15 is 0 Å². The number of methoxy groups -OCH3 is 1. The number of benzene rings is 1. The average molecular weight is 363 g/mol. The predicted octanol–water partition coefficient (Wildman–Crippen LogP) is 1.06. The summed E-state index contributed by atoms with van der Waals surface area (Å²) >= 11 is 1.21. The van der Waals surface area contributed by atoms with Gasteiger partial charge in [-0.25, -0.2) is 4.98 Å². The lowest BCUT2D eigenvalue weighted by molar-refractivity contribution is -0.137. The summed E-state index contributed by atoms with van der Waals surface area (Å²) in [5.74, 6) is -1.48. The van der Waals surface area contributed by atoms with E-state index in [-0.39, 0.29) is 6.54 Å². The molecule has 0 unspecified atom stereocenters. The minimum Gasteiger partial charge on any atom is -0.497 e. The number of carbonyl (C=O) groups is 3. The van der Waals surface area contributed by atoms with E-state index in [1.165, 1.54) is 11.3 Å². The van der Waals surface area contributed by atoms with Crippen molar-refractivity contribution in [3.05, 3.63) is 34.8 Å². The zero-order valence-corrected chi connectivity index (χ0v) is 14.5. The predicted molar refractivity (Wildman–Crippen MR) is 91.8 cm³/mol. The van der Waals surface area contributed by atoms with Crippen LogP contribution in [0.4, 0.5) is 0 Å². The third-order valence-corrected chi connectivity index (χ3v) is 4.37. The van der Waals surface area contributed by atoms with Gasteiger partial charge in [0.2, 0.25) is 5.91 Å². The fourth-order valence-corrected chi connectivity index (χ4v) is 2.94. The molecule has 0 fully saturated rings. The molecule has 1 aromatic carbocycles. The first kappa shape index (κ1) is 18.4. The van der Waals surface area contributed by atoms with Crippen LogP contribution in [0.2, 0.25) is 0 Å². The minimum atomic E-state index is -1.15. The molecule has 2 aromatic rings. The Kier molecular flexibility index (Phi) is 6.07. The van der Waals surface area contributed by atoms with Crippen LogP contribution in [0.1, 0.15) is 15.4 Å². The number of rotatable bonds is 7. The summed E-state index contributed by atoms with van der Waals surface area (Å²) < 4.78 is 5.18. The van der Waals surface area contributed by atoms with Crippen LogP contribution in [-0.4, -0.2) is 48.1 Å². The largest absolute Gasteiger partial charge is 0.497 e. The van der Waals surface area contributed by atoms with Gasteiger partial charge in [-0.15, -0.1) is 11.3 Å². The summed E-state index contributed by atoms with van der Waals surface area (Å²) in [5, 5.41) is 13.8. The SMILES string of the molecule is COc1cccc(-c2nc(C)c(C(=O)NCC(=O)NCC(=O)O)s2)c1. The Morgan fingerprint density at radius 3 is 2.68 bits per heavy atom. The molecule has 0 bridgehead atoms. The van der Waals surface area contributed by atoms with Gasteiger partial charge in [0.15, 0.2) is 0 Å². The molecule has 0 atom stereocenters. The molecule has 3 N–H and O–H groups in total. The van der Waals surface area contributed by atoms with Crippen LogP contribution in [0.25, 0.3) is 10.6 Å². The summed E-state index contributed by atoms with van der Waals surface area (Å²) in [4.78, 5) is 38.8. The summed E-state index contributed by atoms with van der Waals surface area (Å²) in [6.07, 6.45) is 0. The highest BCUT2D eigenvalue weighted by atomic mass is 32.1. The average Bonchev–Trinajstić information content (AvgIpc) is 2.99. The quantitative estimate of drug-likeness (QED) is 0.677. The molecule has 132 valence electrons. The van der Waals surface area contributed by atoms with Crippen molar-refractivity contribution in [3.63, 3.8) is 0 Å². The van der Waals surface area contributed by atoms with Gasteiger partial charge in [0, 0.05) is 5.56 Å². The van der Waals surface area contributed by atoms with E-state index in [9.17, 15) is 14.4 Å². The highest BCUT2D eigenvalue weighted by molar-refractivity contribution is 7.17. The number of amides is 2. The summed E-state index contributed by atoms with van der Waals surface area (Å²) in [6, 6.07) is 7.33. The van der Waals surface area contributed by atoms with Crippen LogP contribution in [-0.2, 0) is 9.59 Å². The maximum atomic E-state index is 12.2. The van der Waals surface area contributed by atoms with E-state index in [2.05, 4.69) is 15.6 Å². The maximum absolute atomic E-state index is 12.2. The molecule has 1 aromatic heterocycles. The van der Waals surface area contributed by atoms with Gasteiger partial charge < -0.3 is 20.5 Å². The van der Waals surface area contributed by atoms with Gasteiger partial charge in [0.05, 0.1) is 19.3 Å². The van der Waals surface area contributed by atoms with Gasteiger partial charge in [0.1, 0.15) is 22.2 Å². The molecule has 0 aliphatic rings. The molecule has 0 aliphatic heterocycles. The Bertz CT molecular complexity index is 803. The molecule has 0 saturated carbocycles. The zero-order chi connectivity index (χ0) is 18.4. The summed E-state index contributed by atoms with van der Waals surface area (Å²) in [6.45, 7) is 0.909. The third-order valence-electron chi connectivity index (χ3n) is 3.17. The standard InChI is InChI=1S/C16H17N3O5S/c1-9-14(15(23)18-7-12(20)17-8-13(21)22)25-16(19-9)10-4-3-5-11(6-10)24-2/h3-6H,7-8H2,1-2H3,(H,17,20)(H,18,23)(H,21,22). The topological polar surface area (TPSA) is 118 Å². The zero-order valence-electron chi connectivity index (χ0n) is 13.7. The second kappa shape index (κ2) is 8.25. The number of nitrogens with one attached hydrogen (secondary N) is 2. The molecule has 0 radical (unpaired) electrons. The van der Waals surface area contributed by atoms with Gasteiger partial charge in [-0.3, -0.25) is 14.4 Å². The van der Waals surface area contributed by atoms with Crippen molar-refractivity contribution in [1.29, 1.82) is 0 Å². The number of aryl methyl sites for hydroxylation is 1. The van der Waals surface area contributed by atoms with Gasteiger partial charge in [-0.1, -0.05) is 12.1 Å². The summed E-state index contributed by atoms with van der Waals surface area (Å²) in [7, 11) is 1.57. The molecule has 0 saturated heterocycles. The molecular formula is C16H17N3O5S. The van der Waals surface area contributed by atoms with Gasteiger partial charge in [-0.05, 0) is 19.1 Å². The van der Waals surface area contributed by atoms with Gasteiger partial charge >= 0.3 is 5.97 Å². The van der Waals surface area contributed by atoms with Crippen LogP contribution in [0.15, 0.2) is 24.3 Å². The first-order valence-electron chi connectivity index (χ1n) is 7.29. The van der Waals surface area contributed by atoms with Crippen molar-refractivity contribution in [3.8, 4) is 16.3 Å². The lowest BCUT2D eigenvalue weighted by Crippen LogP contribution is -2.38. The molecule has 1 heterocycles. The number of carboxylic acids is 1. The highest BCUT2D eigenvalue weighted by Gasteiger charge is 2.17. The van der Waals surface area contributed by atoms with Crippen molar-refractivity contribution < 1.29 is 24.2 Å². The molecule has 25 heavy (non-hydrogen) atoms. The number of thiazole rings is 1. The van der Waals surface area contributed by atoms with Crippen LogP contribution in [0.5, 0.6) is 5.75 Å².